The zero-order valence-corrected chi connectivity index (χ0v) is 7.92. The van der Waals surface area contributed by atoms with Crippen LogP contribution in [0.1, 0.15) is 5.56 Å². The molecule has 4 nitrogen and oxygen atoms in total. The van der Waals surface area contributed by atoms with Crippen LogP contribution >= 0.6 is 0 Å². The maximum Gasteiger partial charge on any atom is 0.316 e. The second-order valence-corrected chi connectivity index (χ2v) is 2.77. The Hall–Kier alpha value is -2.23. The number of nitrogens with zero attached hydrogens (tertiary/aromatic N) is 1. The Morgan fingerprint density at radius 2 is 1.93 bits per heavy atom. The number of nitro groups is 1. The number of carbonyl (C=O) groups excluding carboxylic acids is 1. The third-order valence-electron chi connectivity index (χ3n) is 1.74. The van der Waals surface area contributed by atoms with Crippen LogP contribution in [0, 0.1) is 10.1 Å². The second kappa shape index (κ2) is 4.85. The molecule has 0 amide bonds. The smallest absolute Gasteiger partial charge is 0.282 e. The Labute approximate surface area is 86.7 Å². The zero-order valence-electron chi connectivity index (χ0n) is 7.92. The van der Waals surface area contributed by atoms with E-state index in [1.807, 2.05) is 0 Å². The van der Waals surface area contributed by atoms with Crippen molar-refractivity contribution in [2.45, 2.75) is 0 Å². The van der Waals surface area contributed by atoms with Crippen molar-refractivity contribution in [3.8, 4) is 0 Å². The van der Waals surface area contributed by atoms with Crippen molar-refractivity contribution in [1.82, 2.24) is 0 Å². The van der Waals surface area contributed by atoms with E-state index in [0.717, 1.165) is 6.08 Å². The minimum Gasteiger partial charge on any atom is -0.282 e. The van der Waals surface area contributed by atoms with E-state index in [1.165, 1.54) is 6.08 Å². The molecular weight excluding hydrogens is 194 g/mol. The molecule has 0 aliphatic carbocycles. The average molecular weight is 203 g/mol. The van der Waals surface area contributed by atoms with Crippen LogP contribution in [0.3, 0.4) is 0 Å². The highest BCUT2D eigenvalue weighted by molar-refractivity contribution is 6.04. The lowest BCUT2D eigenvalue weighted by Crippen LogP contribution is -2.08. The first-order valence-electron chi connectivity index (χ1n) is 4.23. The number of rotatable bonds is 4. The van der Waals surface area contributed by atoms with Crippen LogP contribution in [0.25, 0.3) is 6.08 Å². The Kier molecular flexibility index (Phi) is 3.51. The Morgan fingerprint density at radius 1 is 1.33 bits per heavy atom. The van der Waals surface area contributed by atoms with Crippen molar-refractivity contribution in [3.63, 3.8) is 0 Å². The molecule has 0 heterocycles. The number of allylic oxidation sites excluding steroid dienone is 1. The summed E-state index contributed by atoms with van der Waals surface area (Å²) < 4.78 is 0. The first-order valence-corrected chi connectivity index (χ1v) is 4.23. The molecule has 0 saturated heterocycles. The summed E-state index contributed by atoms with van der Waals surface area (Å²) in [7, 11) is 0. The molecule has 0 bridgehead atoms. The fourth-order valence-corrected chi connectivity index (χ4v) is 1.03. The van der Waals surface area contributed by atoms with Gasteiger partial charge in [-0.15, -0.1) is 0 Å². The van der Waals surface area contributed by atoms with Gasteiger partial charge in [0.15, 0.2) is 0 Å². The molecule has 0 fully saturated rings. The molecule has 0 aromatic heterocycles. The third-order valence-corrected chi connectivity index (χ3v) is 1.74. The maximum absolute atomic E-state index is 11.1. The van der Waals surface area contributed by atoms with Gasteiger partial charge < -0.3 is 0 Å². The summed E-state index contributed by atoms with van der Waals surface area (Å²) in [5.41, 5.74) is 0.135. The fourth-order valence-electron chi connectivity index (χ4n) is 1.03. The normalized spacial score (nSPS) is 10.8. The summed E-state index contributed by atoms with van der Waals surface area (Å²) >= 11 is 0. The molecular formula is C11H9NO3. The molecule has 0 aliphatic heterocycles. The number of carbonyl (C=O) groups is 1. The molecule has 1 rings (SSSR count). The Balaban J connectivity index is 3.10. The largest absolute Gasteiger partial charge is 0.316 e. The van der Waals surface area contributed by atoms with Gasteiger partial charge in [-0.05, 0) is 11.6 Å². The number of benzene rings is 1. The lowest BCUT2D eigenvalue weighted by Gasteiger charge is -1.94. The van der Waals surface area contributed by atoms with E-state index >= 15 is 0 Å². The molecule has 15 heavy (non-hydrogen) atoms. The highest BCUT2D eigenvalue weighted by Gasteiger charge is 2.17. The van der Waals surface area contributed by atoms with E-state index in [1.54, 1.807) is 30.3 Å². The predicted octanol–water partition coefficient (Wildman–Crippen LogP) is 2.06. The van der Waals surface area contributed by atoms with E-state index in [0.29, 0.717) is 5.56 Å². The lowest BCUT2D eigenvalue weighted by atomic mass is 10.1. The van der Waals surface area contributed by atoms with Crippen LogP contribution in [0.4, 0.5) is 0 Å². The van der Waals surface area contributed by atoms with E-state index in [-0.39, 0.29) is 0 Å². The van der Waals surface area contributed by atoms with Crippen molar-refractivity contribution >= 4 is 11.9 Å². The van der Waals surface area contributed by atoms with Gasteiger partial charge in [0.05, 0.1) is 4.92 Å². The van der Waals surface area contributed by atoms with Crippen LogP contribution in [0.15, 0.2) is 48.7 Å². The number of hydrogen-bond donors (Lipinski definition) is 0. The van der Waals surface area contributed by atoms with Gasteiger partial charge in [-0.25, -0.2) is 0 Å². The molecule has 0 radical (unpaired) electrons. The number of ketones is 1. The SMILES string of the molecule is C=CC(=O)C(=Cc1ccccc1)[N+](=O)[O-]. The summed E-state index contributed by atoms with van der Waals surface area (Å²) in [6.07, 6.45) is 2.15. The fraction of sp³-hybridized carbons (Fsp3) is 0. The average Bonchev–Trinajstić information content (AvgIpc) is 2.26. The minimum atomic E-state index is -0.711. The molecule has 76 valence electrons. The van der Waals surface area contributed by atoms with E-state index < -0.39 is 16.4 Å². The maximum atomic E-state index is 11.1. The van der Waals surface area contributed by atoms with Crippen molar-refractivity contribution in [1.29, 1.82) is 0 Å². The molecule has 0 unspecified atom stereocenters. The van der Waals surface area contributed by atoms with Crippen molar-refractivity contribution in [2.24, 2.45) is 0 Å². The van der Waals surface area contributed by atoms with Crippen LogP contribution in [0.2, 0.25) is 0 Å². The topological polar surface area (TPSA) is 60.2 Å². The van der Waals surface area contributed by atoms with Crippen LogP contribution in [0.5, 0.6) is 0 Å². The summed E-state index contributed by atoms with van der Waals surface area (Å²) in [5, 5.41) is 10.6. The molecule has 0 aliphatic rings. The van der Waals surface area contributed by atoms with Crippen molar-refractivity contribution in [2.75, 3.05) is 0 Å². The quantitative estimate of drug-likeness (QED) is 0.427. The molecule has 0 N–H and O–H groups in total. The van der Waals surface area contributed by atoms with Gasteiger partial charge in [-0.2, -0.15) is 0 Å². The van der Waals surface area contributed by atoms with Gasteiger partial charge in [-0.1, -0.05) is 36.9 Å². The molecule has 4 heteroatoms. The van der Waals surface area contributed by atoms with Crippen LogP contribution in [-0.2, 0) is 4.79 Å². The summed E-state index contributed by atoms with van der Waals surface area (Å²) in [5.74, 6) is -0.691. The van der Waals surface area contributed by atoms with E-state index in [2.05, 4.69) is 6.58 Å². The summed E-state index contributed by atoms with van der Waals surface area (Å²) in [6.45, 7) is 3.21. The monoisotopic (exact) mass is 203 g/mol. The van der Waals surface area contributed by atoms with Crippen molar-refractivity contribution in [3.05, 3.63) is 64.4 Å². The van der Waals surface area contributed by atoms with Gasteiger partial charge in [0, 0.05) is 6.08 Å². The van der Waals surface area contributed by atoms with Gasteiger partial charge in [0.2, 0.25) is 0 Å². The predicted molar refractivity (Wildman–Crippen MR) is 56.6 cm³/mol. The number of hydrogen-bond acceptors (Lipinski definition) is 3. The zero-order chi connectivity index (χ0) is 11.3. The van der Waals surface area contributed by atoms with Gasteiger partial charge in [0.1, 0.15) is 0 Å². The summed E-state index contributed by atoms with van der Waals surface area (Å²) in [4.78, 5) is 21.0. The minimum absolute atomic E-state index is 0.476. The standard InChI is InChI=1S/C11H9NO3/c1-2-11(13)10(12(14)15)8-9-6-4-3-5-7-9/h2-8H,1H2. The molecule has 1 aromatic rings. The first-order chi connectivity index (χ1) is 7.15. The Morgan fingerprint density at radius 3 is 2.40 bits per heavy atom. The molecule has 0 saturated carbocycles. The van der Waals surface area contributed by atoms with E-state index in [4.69, 9.17) is 0 Å². The van der Waals surface area contributed by atoms with Crippen molar-refractivity contribution < 1.29 is 9.72 Å². The molecule has 0 atom stereocenters. The lowest BCUT2D eigenvalue weighted by molar-refractivity contribution is -0.416. The molecule has 1 aromatic carbocycles. The molecule has 0 spiro atoms. The first kappa shape index (κ1) is 10.8. The van der Waals surface area contributed by atoms with Crippen LogP contribution in [-0.4, -0.2) is 10.7 Å². The van der Waals surface area contributed by atoms with E-state index in [9.17, 15) is 14.9 Å². The second-order valence-electron chi connectivity index (χ2n) is 2.77. The van der Waals surface area contributed by atoms with Gasteiger partial charge >= 0.3 is 5.70 Å². The Bertz CT molecular complexity index is 421. The highest BCUT2D eigenvalue weighted by atomic mass is 16.6. The highest BCUT2D eigenvalue weighted by Crippen LogP contribution is 2.08. The third kappa shape index (κ3) is 2.87. The van der Waals surface area contributed by atoms with Gasteiger partial charge in [0.25, 0.3) is 5.78 Å². The van der Waals surface area contributed by atoms with Crippen LogP contribution < -0.4 is 0 Å². The summed E-state index contributed by atoms with van der Waals surface area (Å²) in [6, 6.07) is 8.63. The van der Waals surface area contributed by atoms with Gasteiger partial charge in [-0.3, -0.25) is 14.9 Å².